The Bertz CT molecular complexity index is 324. The van der Waals surface area contributed by atoms with Crippen LogP contribution in [-0.2, 0) is 6.42 Å². The molecule has 84 valence electrons. The third-order valence-corrected chi connectivity index (χ3v) is 2.70. The first-order chi connectivity index (χ1) is 7.16. The lowest BCUT2D eigenvalue weighted by molar-refractivity contribution is 0.283. The molecule has 1 rings (SSSR count). The van der Waals surface area contributed by atoms with E-state index in [0.29, 0.717) is 5.69 Å². The number of nitrogen functional groups attached to an aromatic ring is 2. The molecule has 0 saturated heterocycles. The van der Waals surface area contributed by atoms with E-state index in [2.05, 4.69) is 0 Å². The number of aliphatic hydroxyl groups is 1. The van der Waals surface area contributed by atoms with Crippen LogP contribution in [0.5, 0.6) is 0 Å². The van der Waals surface area contributed by atoms with Gasteiger partial charge in [0.15, 0.2) is 0 Å². The molecular formula is C12H20N2O. The summed E-state index contributed by atoms with van der Waals surface area (Å²) in [6.07, 6.45) is 3.88. The van der Waals surface area contributed by atoms with Gasteiger partial charge in [-0.05, 0) is 37.3 Å². The molecule has 0 aliphatic rings. The molecule has 0 amide bonds. The molecule has 0 saturated carbocycles. The van der Waals surface area contributed by atoms with Crippen LogP contribution in [0, 0.1) is 6.92 Å². The van der Waals surface area contributed by atoms with Gasteiger partial charge in [-0.3, -0.25) is 0 Å². The van der Waals surface area contributed by atoms with Gasteiger partial charge in [-0.25, -0.2) is 0 Å². The maximum Gasteiger partial charge on any atom is 0.0583 e. The normalized spacial score (nSPS) is 10.5. The summed E-state index contributed by atoms with van der Waals surface area (Å²) >= 11 is 0. The van der Waals surface area contributed by atoms with E-state index >= 15 is 0 Å². The second kappa shape index (κ2) is 5.61. The fourth-order valence-corrected chi connectivity index (χ4v) is 1.61. The quantitative estimate of drug-likeness (QED) is 0.511. The van der Waals surface area contributed by atoms with Crippen LogP contribution in [0.3, 0.4) is 0 Å². The van der Waals surface area contributed by atoms with E-state index in [9.17, 15) is 0 Å². The van der Waals surface area contributed by atoms with Crippen molar-refractivity contribution in [3.63, 3.8) is 0 Å². The summed E-state index contributed by atoms with van der Waals surface area (Å²) in [6.45, 7) is 2.23. The molecule has 1 aromatic carbocycles. The van der Waals surface area contributed by atoms with Crippen LogP contribution in [0.15, 0.2) is 12.1 Å². The minimum atomic E-state index is 0.269. The Morgan fingerprint density at radius 1 is 1.07 bits per heavy atom. The van der Waals surface area contributed by atoms with Crippen molar-refractivity contribution in [2.75, 3.05) is 18.1 Å². The van der Waals surface area contributed by atoms with Crippen molar-refractivity contribution in [2.45, 2.75) is 32.6 Å². The molecule has 3 nitrogen and oxygen atoms in total. The van der Waals surface area contributed by atoms with Crippen molar-refractivity contribution in [2.24, 2.45) is 0 Å². The Labute approximate surface area is 91.1 Å². The number of nitrogens with two attached hydrogens (primary N) is 2. The molecular weight excluding hydrogens is 188 g/mol. The third-order valence-electron chi connectivity index (χ3n) is 2.70. The number of aryl methyl sites for hydroxylation is 2. The summed E-state index contributed by atoms with van der Waals surface area (Å²) in [7, 11) is 0. The topological polar surface area (TPSA) is 72.3 Å². The number of benzene rings is 1. The first kappa shape index (κ1) is 11.9. The molecule has 0 fully saturated rings. The van der Waals surface area contributed by atoms with Crippen LogP contribution in [0.4, 0.5) is 11.4 Å². The van der Waals surface area contributed by atoms with Crippen LogP contribution in [0.1, 0.15) is 30.4 Å². The van der Waals surface area contributed by atoms with Crippen LogP contribution < -0.4 is 11.5 Å². The summed E-state index contributed by atoms with van der Waals surface area (Å²) in [6, 6.07) is 4.05. The summed E-state index contributed by atoms with van der Waals surface area (Å²) in [5.74, 6) is 0. The van der Waals surface area contributed by atoms with Crippen LogP contribution >= 0.6 is 0 Å². The van der Waals surface area contributed by atoms with Gasteiger partial charge in [-0.2, -0.15) is 0 Å². The van der Waals surface area contributed by atoms with E-state index in [1.54, 1.807) is 0 Å². The Balaban J connectivity index is 2.58. The average molecular weight is 208 g/mol. The van der Waals surface area contributed by atoms with Gasteiger partial charge in [0.2, 0.25) is 0 Å². The van der Waals surface area contributed by atoms with E-state index in [-0.39, 0.29) is 6.61 Å². The Morgan fingerprint density at radius 3 is 2.47 bits per heavy atom. The van der Waals surface area contributed by atoms with E-state index in [4.69, 9.17) is 16.6 Å². The average Bonchev–Trinajstić information content (AvgIpc) is 2.24. The lowest BCUT2D eigenvalue weighted by atomic mass is 10.0. The predicted molar refractivity (Wildman–Crippen MR) is 64.6 cm³/mol. The van der Waals surface area contributed by atoms with Gasteiger partial charge < -0.3 is 16.6 Å². The highest BCUT2D eigenvalue weighted by Gasteiger charge is 2.04. The third kappa shape index (κ3) is 3.13. The lowest BCUT2D eigenvalue weighted by Gasteiger charge is -2.10. The first-order valence-electron chi connectivity index (χ1n) is 5.41. The fourth-order valence-electron chi connectivity index (χ4n) is 1.61. The minimum Gasteiger partial charge on any atom is -0.397 e. The van der Waals surface area contributed by atoms with Gasteiger partial charge in [0, 0.05) is 6.61 Å². The minimum absolute atomic E-state index is 0.269. The van der Waals surface area contributed by atoms with Crippen LogP contribution in [-0.4, -0.2) is 11.7 Å². The number of anilines is 2. The Hall–Kier alpha value is -1.22. The van der Waals surface area contributed by atoms with Gasteiger partial charge in [0.1, 0.15) is 0 Å². The van der Waals surface area contributed by atoms with Gasteiger partial charge in [-0.15, -0.1) is 0 Å². The van der Waals surface area contributed by atoms with E-state index in [1.807, 2.05) is 19.1 Å². The highest BCUT2D eigenvalue weighted by atomic mass is 16.2. The van der Waals surface area contributed by atoms with Crippen molar-refractivity contribution in [1.82, 2.24) is 0 Å². The molecule has 0 aromatic heterocycles. The number of aliphatic hydroxyl groups excluding tert-OH is 1. The number of unbranched alkanes of at least 4 members (excludes halogenated alkanes) is 2. The van der Waals surface area contributed by atoms with Crippen molar-refractivity contribution >= 4 is 11.4 Å². The van der Waals surface area contributed by atoms with Gasteiger partial charge in [0.05, 0.1) is 11.4 Å². The Kier molecular flexibility index (Phi) is 4.43. The largest absolute Gasteiger partial charge is 0.397 e. The standard InChI is InChI=1S/C12H20N2O/c1-9-6-7-10(12(14)11(9)13)5-3-2-4-8-15/h6-7,15H,2-5,8,13-14H2,1H3. The number of hydrogen-bond donors (Lipinski definition) is 3. The van der Waals surface area contributed by atoms with Crippen LogP contribution in [0.25, 0.3) is 0 Å². The molecule has 0 unspecified atom stereocenters. The molecule has 3 heteroatoms. The van der Waals surface area contributed by atoms with E-state index in [0.717, 1.165) is 42.5 Å². The zero-order valence-corrected chi connectivity index (χ0v) is 9.29. The molecule has 0 radical (unpaired) electrons. The lowest BCUT2D eigenvalue weighted by Crippen LogP contribution is -2.02. The number of rotatable bonds is 5. The van der Waals surface area contributed by atoms with Crippen LogP contribution in [0.2, 0.25) is 0 Å². The van der Waals surface area contributed by atoms with Crippen molar-refractivity contribution in [1.29, 1.82) is 0 Å². The van der Waals surface area contributed by atoms with Gasteiger partial charge in [0.25, 0.3) is 0 Å². The molecule has 15 heavy (non-hydrogen) atoms. The zero-order chi connectivity index (χ0) is 11.3. The van der Waals surface area contributed by atoms with E-state index < -0.39 is 0 Å². The SMILES string of the molecule is Cc1ccc(CCCCCO)c(N)c1N. The van der Waals surface area contributed by atoms with Gasteiger partial charge >= 0.3 is 0 Å². The highest BCUT2D eigenvalue weighted by molar-refractivity contribution is 5.70. The fraction of sp³-hybridized carbons (Fsp3) is 0.500. The molecule has 5 N–H and O–H groups in total. The molecule has 0 aliphatic heterocycles. The Morgan fingerprint density at radius 2 is 1.80 bits per heavy atom. The summed E-state index contributed by atoms with van der Waals surface area (Å²) in [5.41, 5.74) is 15.4. The second-order valence-electron chi connectivity index (χ2n) is 3.90. The second-order valence-corrected chi connectivity index (χ2v) is 3.90. The molecule has 0 atom stereocenters. The van der Waals surface area contributed by atoms with Crippen molar-refractivity contribution in [3.05, 3.63) is 23.3 Å². The van der Waals surface area contributed by atoms with Crippen molar-refractivity contribution in [3.8, 4) is 0 Å². The smallest absolute Gasteiger partial charge is 0.0583 e. The van der Waals surface area contributed by atoms with E-state index in [1.165, 1.54) is 0 Å². The monoisotopic (exact) mass is 208 g/mol. The van der Waals surface area contributed by atoms with Crippen molar-refractivity contribution < 1.29 is 5.11 Å². The first-order valence-corrected chi connectivity index (χ1v) is 5.41. The zero-order valence-electron chi connectivity index (χ0n) is 9.29. The molecule has 1 aromatic rings. The summed E-state index contributed by atoms with van der Waals surface area (Å²) in [4.78, 5) is 0. The summed E-state index contributed by atoms with van der Waals surface area (Å²) in [5, 5.41) is 8.65. The highest BCUT2D eigenvalue weighted by Crippen LogP contribution is 2.25. The number of hydrogen-bond acceptors (Lipinski definition) is 3. The summed E-state index contributed by atoms with van der Waals surface area (Å²) < 4.78 is 0. The maximum atomic E-state index is 8.65. The molecule has 0 spiro atoms. The maximum absolute atomic E-state index is 8.65. The molecule has 0 bridgehead atoms. The van der Waals surface area contributed by atoms with Gasteiger partial charge in [-0.1, -0.05) is 18.6 Å². The molecule has 0 heterocycles. The predicted octanol–water partition coefficient (Wildman–Crippen LogP) is 1.86. The molecule has 0 aliphatic carbocycles.